The highest BCUT2D eigenvalue weighted by Crippen LogP contribution is 2.18. The highest BCUT2D eigenvalue weighted by Gasteiger charge is 2.11. The molecule has 134 valence electrons. The zero-order valence-electron chi connectivity index (χ0n) is 14.1. The van der Waals surface area contributed by atoms with Gasteiger partial charge in [-0.1, -0.05) is 41.9 Å². The van der Waals surface area contributed by atoms with Crippen molar-refractivity contribution in [3.05, 3.63) is 101 Å². The van der Waals surface area contributed by atoms with Crippen molar-refractivity contribution in [2.75, 3.05) is 0 Å². The number of hydrazone groups is 1. The van der Waals surface area contributed by atoms with Crippen LogP contribution in [0.15, 0.2) is 84.0 Å². The minimum atomic E-state index is -0.530. The molecule has 0 saturated heterocycles. The maximum atomic E-state index is 12.1. The molecule has 5 nitrogen and oxygen atoms in total. The number of hydrogen-bond acceptors (Lipinski definition) is 4. The smallest absolute Gasteiger partial charge is 0.345 e. The molecule has 3 rings (SSSR count). The van der Waals surface area contributed by atoms with E-state index in [9.17, 15) is 9.59 Å². The minimum Gasteiger partial charge on any atom is -0.423 e. The van der Waals surface area contributed by atoms with Crippen LogP contribution in [0.1, 0.15) is 26.3 Å². The predicted octanol–water partition coefficient (Wildman–Crippen LogP) is 4.32. The van der Waals surface area contributed by atoms with Crippen molar-refractivity contribution in [3.8, 4) is 5.75 Å². The van der Waals surface area contributed by atoms with Crippen LogP contribution in [0.2, 0.25) is 5.02 Å². The Morgan fingerprint density at radius 1 is 0.889 bits per heavy atom. The maximum Gasteiger partial charge on any atom is 0.345 e. The third-order valence-electron chi connectivity index (χ3n) is 3.60. The van der Waals surface area contributed by atoms with Gasteiger partial charge in [-0.05, 0) is 54.1 Å². The first-order chi connectivity index (χ1) is 13.1. The van der Waals surface area contributed by atoms with Crippen LogP contribution < -0.4 is 10.2 Å². The zero-order valence-corrected chi connectivity index (χ0v) is 14.9. The predicted molar refractivity (Wildman–Crippen MR) is 104 cm³/mol. The topological polar surface area (TPSA) is 67.8 Å². The minimum absolute atomic E-state index is 0.294. The number of hydrogen-bond donors (Lipinski definition) is 1. The molecule has 0 aromatic heterocycles. The summed E-state index contributed by atoms with van der Waals surface area (Å²) in [5.41, 5.74) is 4.01. The molecule has 0 aliphatic heterocycles. The zero-order chi connectivity index (χ0) is 19.1. The fraction of sp³-hybridized carbons (Fsp3) is 0. The lowest BCUT2D eigenvalue weighted by molar-refractivity contribution is 0.0734. The number of benzene rings is 3. The SMILES string of the molecule is O=C(NN=Cc1ccc(OC(=O)c2ccccc2Cl)cc1)c1ccccc1. The van der Waals surface area contributed by atoms with Gasteiger partial charge in [0.25, 0.3) is 5.91 Å². The lowest BCUT2D eigenvalue weighted by Gasteiger charge is -2.05. The van der Waals surface area contributed by atoms with E-state index in [0.29, 0.717) is 21.9 Å². The molecule has 0 fully saturated rings. The Morgan fingerprint density at radius 2 is 1.56 bits per heavy atom. The van der Waals surface area contributed by atoms with Gasteiger partial charge in [-0.15, -0.1) is 0 Å². The van der Waals surface area contributed by atoms with E-state index < -0.39 is 5.97 Å². The Morgan fingerprint density at radius 3 is 2.26 bits per heavy atom. The number of halogens is 1. The third kappa shape index (κ3) is 5.03. The van der Waals surface area contributed by atoms with E-state index in [4.69, 9.17) is 16.3 Å². The average molecular weight is 379 g/mol. The number of amides is 1. The molecule has 1 N–H and O–H groups in total. The van der Waals surface area contributed by atoms with E-state index in [0.717, 1.165) is 5.56 Å². The van der Waals surface area contributed by atoms with Crippen LogP contribution in [0.5, 0.6) is 5.75 Å². The van der Waals surface area contributed by atoms with Gasteiger partial charge in [0.1, 0.15) is 5.75 Å². The number of nitrogens with zero attached hydrogens (tertiary/aromatic N) is 1. The van der Waals surface area contributed by atoms with Gasteiger partial charge in [0.05, 0.1) is 16.8 Å². The molecule has 3 aromatic rings. The molecular weight excluding hydrogens is 364 g/mol. The van der Waals surface area contributed by atoms with Crippen LogP contribution in [0, 0.1) is 0 Å². The fourth-order valence-electron chi connectivity index (χ4n) is 2.23. The lowest BCUT2D eigenvalue weighted by Crippen LogP contribution is -2.17. The first kappa shape index (κ1) is 18.4. The van der Waals surface area contributed by atoms with Crippen molar-refractivity contribution in [1.29, 1.82) is 0 Å². The summed E-state index contributed by atoms with van der Waals surface area (Å²) in [4.78, 5) is 24.0. The Labute approximate surface area is 161 Å². The Balaban J connectivity index is 1.58. The van der Waals surface area contributed by atoms with Crippen LogP contribution in [0.4, 0.5) is 0 Å². The summed E-state index contributed by atoms with van der Waals surface area (Å²) in [6.45, 7) is 0. The van der Waals surface area contributed by atoms with Gasteiger partial charge in [0, 0.05) is 5.56 Å². The number of ether oxygens (including phenoxy) is 1. The normalized spacial score (nSPS) is 10.6. The van der Waals surface area contributed by atoms with Gasteiger partial charge in [-0.2, -0.15) is 5.10 Å². The lowest BCUT2D eigenvalue weighted by atomic mass is 10.2. The van der Waals surface area contributed by atoms with Gasteiger partial charge in [0.2, 0.25) is 0 Å². The second-order valence-corrected chi connectivity index (χ2v) is 5.91. The van der Waals surface area contributed by atoms with E-state index in [1.165, 1.54) is 6.21 Å². The first-order valence-corrected chi connectivity index (χ1v) is 8.46. The van der Waals surface area contributed by atoms with Crippen molar-refractivity contribution in [1.82, 2.24) is 5.43 Å². The number of carbonyl (C=O) groups excluding carboxylic acids is 2. The Kier molecular flexibility index (Phi) is 5.97. The molecule has 0 atom stereocenters. The van der Waals surface area contributed by atoms with Gasteiger partial charge >= 0.3 is 5.97 Å². The van der Waals surface area contributed by atoms with Crippen molar-refractivity contribution in [2.24, 2.45) is 5.10 Å². The first-order valence-electron chi connectivity index (χ1n) is 8.09. The molecule has 0 saturated carbocycles. The maximum absolute atomic E-state index is 12.1. The highest BCUT2D eigenvalue weighted by molar-refractivity contribution is 6.33. The van der Waals surface area contributed by atoms with E-state index in [1.807, 2.05) is 6.07 Å². The molecule has 0 aliphatic carbocycles. The van der Waals surface area contributed by atoms with E-state index in [2.05, 4.69) is 10.5 Å². The van der Waals surface area contributed by atoms with Gasteiger partial charge in [-0.3, -0.25) is 4.79 Å². The number of esters is 1. The molecule has 3 aromatic carbocycles. The van der Waals surface area contributed by atoms with E-state index >= 15 is 0 Å². The molecule has 0 heterocycles. The van der Waals surface area contributed by atoms with Crippen LogP contribution >= 0.6 is 11.6 Å². The molecule has 0 spiro atoms. The van der Waals surface area contributed by atoms with Crippen LogP contribution in [-0.2, 0) is 0 Å². The van der Waals surface area contributed by atoms with Gasteiger partial charge in [0.15, 0.2) is 0 Å². The van der Waals surface area contributed by atoms with Crippen molar-refractivity contribution >= 4 is 29.7 Å². The Bertz CT molecular complexity index is 970. The van der Waals surface area contributed by atoms with Gasteiger partial charge in [-0.25, -0.2) is 10.2 Å². The van der Waals surface area contributed by atoms with E-state index in [-0.39, 0.29) is 5.91 Å². The largest absolute Gasteiger partial charge is 0.423 e. The number of nitrogens with one attached hydrogen (secondary N) is 1. The van der Waals surface area contributed by atoms with Gasteiger partial charge < -0.3 is 4.74 Å². The number of carbonyl (C=O) groups is 2. The molecule has 27 heavy (non-hydrogen) atoms. The molecule has 0 radical (unpaired) electrons. The molecular formula is C21H15ClN2O3. The van der Waals surface area contributed by atoms with Crippen molar-refractivity contribution in [2.45, 2.75) is 0 Å². The summed E-state index contributed by atoms with van der Waals surface area (Å²) in [6.07, 6.45) is 1.50. The second-order valence-electron chi connectivity index (χ2n) is 5.50. The molecule has 0 bridgehead atoms. The molecule has 0 aliphatic rings. The van der Waals surface area contributed by atoms with Crippen LogP contribution in [0.25, 0.3) is 0 Å². The molecule has 1 amide bonds. The quantitative estimate of drug-likeness (QED) is 0.311. The third-order valence-corrected chi connectivity index (χ3v) is 3.93. The number of rotatable bonds is 5. The van der Waals surface area contributed by atoms with Crippen molar-refractivity contribution in [3.63, 3.8) is 0 Å². The highest BCUT2D eigenvalue weighted by atomic mass is 35.5. The summed E-state index contributed by atoms with van der Waals surface area (Å²) < 4.78 is 5.30. The monoisotopic (exact) mass is 378 g/mol. The van der Waals surface area contributed by atoms with Crippen LogP contribution in [-0.4, -0.2) is 18.1 Å². The summed E-state index contributed by atoms with van der Waals surface area (Å²) in [5.74, 6) is -0.445. The summed E-state index contributed by atoms with van der Waals surface area (Å²) in [5, 5.41) is 4.25. The fourth-order valence-corrected chi connectivity index (χ4v) is 2.44. The summed E-state index contributed by atoms with van der Waals surface area (Å²) in [6, 6.07) is 22.2. The van der Waals surface area contributed by atoms with E-state index in [1.54, 1.807) is 72.8 Å². The van der Waals surface area contributed by atoms with Crippen LogP contribution in [0.3, 0.4) is 0 Å². The average Bonchev–Trinajstić information content (AvgIpc) is 2.70. The molecule has 6 heteroatoms. The summed E-state index contributed by atoms with van der Waals surface area (Å²) in [7, 11) is 0. The summed E-state index contributed by atoms with van der Waals surface area (Å²) >= 11 is 5.98. The second kappa shape index (κ2) is 8.78. The Hall–Kier alpha value is -3.44. The standard InChI is InChI=1S/C21H15ClN2O3/c22-19-9-5-4-8-18(19)21(26)27-17-12-10-15(11-13-17)14-23-24-20(25)16-6-2-1-3-7-16/h1-14H,(H,24,25). The van der Waals surface area contributed by atoms with Crippen molar-refractivity contribution < 1.29 is 14.3 Å². The molecule has 0 unspecified atom stereocenters.